The molecule has 0 aliphatic heterocycles. The summed E-state index contributed by atoms with van der Waals surface area (Å²) in [6.07, 6.45) is 21.5. The second-order valence-electron chi connectivity index (χ2n) is 11.7. The number of allylic oxidation sites excluding steroid dienone is 4. The number of thiophene rings is 1. The zero-order valence-electron chi connectivity index (χ0n) is 34.3. The number of pyridine rings is 2. The first kappa shape index (κ1) is 22.5. The average molecular weight is 796 g/mol. The molecule has 0 N–H and O–H groups in total. The Morgan fingerprint density at radius 1 is 0.867 bits per heavy atom. The molecule has 3 aromatic heterocycles. The van der Waals surface area contributed by atoms with Crippen LogP contribution in [0, 0.1) is 19.3 Å². The van der Waals surface area contributed by atoms with Gasteiger partial charge in [0.05, 0.1) is 5.48 Å². The molecule has 45 heavy (non-hydrogen) atoms. The van der Waals surface area contributed by atoms with Crippen LogP contribution >= 0.6 is 11.3 Å². The van der Waals surface area contributed by atoms with Crippen LogP contribution in [0.2, 0.25) is 0 Å². The van der Waals surface area contributed by atoms with Crippen molar-refractivity contribution in [1.29, 1.82) is 0 Å². The fourth-order valence-electron chi connectivity index (χ4n) is 6.50. The van der Waals surface area contributed by atoms with Gasteiger partial charge in [0.2, 0.25) is 0 Å². The quantitative estimate of drug-likeness (QED) is 0.169. The third kappa shape index (κ3) is 7.19. The summed E-state index contributed by atoms with van der Waals surface area (Å²) in [6.45, 7) is -2.48. The molecule has 2 fully saturated rings. The minimum absolute atomic E-state index is 0. The van der Waals surface area contributed by atoms with E-state index in [0.29, 0.717) is 16.8 Å². The number of hydrogen-bond acceptors (Lipinski definition) is 3. The Balaban J connectivity index is 0.000000197. The van der Waals surface area contributed by atoms with E-state index >= 15 is 0 Å². The molecule has 1 radical (unpaired) electrons. The summed E-state index contributed by atoms with van der Waals surface area (Å²) in [5, 5.41) is 2.08. The summed E-state index contributed by atoms with van der Waals surface area (Å²) >= 11 is 1.58. The first-order chi connectivity index (χ1) is 25.3. The molecule has 4 heteroatoms. The Morgan fingerprint density at radius 3 is 2.40 bits per heavy atom. The van der Waals surface area contributed by atoms with Crippen molar-refractivity contribution < 1.29 is 32.4 Å². The fourth-order valence-corrected chi connectivity index (χ4v) is 7.86. The van der Waals surface area contributed by atoms with Crippen molar-refractivity contribution in [3.8, 4) is 11.3 Å². The molecule has 233 valence electrons. The van der Waals surface area contributed by atoms with Gasteiger partial charge in [-0.25, -0.2) is 0 Å². The van der Waals surface area contributed by atoms with E-state index in [0.717, 1.165) is 89.1 Å². The van der Waals surface area contributed by atoms with Crippen molar-refractivity contribution >= 4 is 37.1 Å². The van der Waals surface area contributed by atoms with Crippen LogP contribution in [0.4, 0.5) is 0 Å². The van der Waals surface area contributed by atoms with Crippen molar-refractivity contribution in [3.05, 3.63) is 120 Å². The molecule has 0 unspecified atom stereocenters. The van der Waals surface area contributed by atoms with Gasteiger partial charge in [-0.3, -0.25) is 0 Å². The zero-order chi connectivity index (χ0) is 37.5. The Morgan fingerprint density at radius 2 is 1.62 bits per heavy atom. The molecule has 8 rings (SSSR count). The Kier molecular flexibility index (Phi) is 7.51. The third-order valence-corrected chi connectivity index (χ3v) is 10.1. The molecule has 3 heterocycles. The Hall–Kier alpha value is -3.04. The maximum Gasteiger partial charge on any atom is 0.0618 e. The molecule has 0 bridgehead atoms. The number of nitrogens with zero attached hydrogens (tertiary/aromatic N) is 2. The van der Waals surface area contributed by atoms with Gasteiger partial charge < -0.3 is 9.97 Å². The van der Waals surface area contributed by atoms with Crippen molar-refractivity contribution in [3.63, 3.8) is 0 Å². The maximum absolute atomic E-state index is 9.16. The van der Waals surface area contributed by atoms with Crippen LogP contribution in [-0.4, -0.2) is 9.97 Å². The van der Waals surface area contributed by atoms with E-state index in [1.54, 1.807) is 23.6 Å². The standard InChI is InChI=1S/C24H22NS.C17H20N.Ir/c1-16-13-14-22(25-15-16)21-12-6-11-20-19-10-5-9-18(23(19)26-24(20)21)17-7-3-2-4-8-17;1-3-7-14(8-4-1)16-11-12-17(18-13-16)15-9-5-2-6-10-15;/h5-6,9-11,13-15,17H,2-4,7-8H2,1H3;2,5,9-14H,1,3-4,6-8H2;/q2*-1;/i1D3,13D,14D,17D;11D,12D,14D;. The average Bonchev–Trinajstić information content (AvgIpc) is 3.54. The molecule has 0 saturated heterocycles. The van der Waals surface area contributed by atoms with Gasteiger partial charge in [-0.05, 0) is 82.5 Å². The molecular formula is C41H42IrN2S-2. The van der Waals surface area contributed by atoms with E-state index in [2.05, 4.69) is 28.2 Å². The number of hydrogen-bond donors (Lipinski definition) is 0. The number of aromatic nitrogens is 2. The fraction of sp³-hybridized carbons (Fsp3) is 0.341. The minimum atomic E-state index is -2.48. The molecule has 2 nitrogen and oxygen atoms in total. The first-order valence-electron chi connectivity index (χ1n) is 20.3. The summed E-state index contributed by atoms with van der Waals surface area (Å²) in [7, 11) is 0. The van der Waals surface area contributed by atoms with Crippen LogP contribution in [-0.2, 0) is 20.1 Å². The Labute approximate surface area is 299 Å². The van der Waals surface area contributed by atoms with Crippen LogP contribution in [0.1, 0.15) is 117 Å². The zero-order valence-corrected chi connectivity index (χ0v) is 28.5. The van der Waals surface area contributed by atoms with Gasteiger partial charge in [0.1, 0.15) is 0 Å². The molecule has 0 spiro atoms. The van der Waals surface area contributed by atoms with Gasteiger partial charge in [-0.1, -0.05) is 92.7 Å². The van der Waals surface area contributed by atoms with Crippen molar-refractivity contribution in [1.82, 2.24) is 9.97 Å². The van der Waals surface area contributed by atoms with E-state index in [-0.39, 0.29) is 55.5 Å². The summed E-state index contributed by atoms with van der Waals surface area (Å²) in [6, 6.07) is 12.9. The van der Waals surface area contributed by atoms with Gasteiger partial charge in [0.15, 0.2) is 0 Å². The minimum Gasteiger partial charge on any atom is -0.320 e. The van der Waals surface area contributed by atoms with Gasteiger partial charge in [-0.2, -0.15) is 29.4 Å². The Bertz CT molecular complexity index is 2230. The topological polar surface area (TPSA) is 25.8 Å². The monoisotopic (exact) mass is 796 g/mol. The van der Waals surface area contributed by atoms with Crippen molar-refractivity contribution in [2.24, 2.45) is 0 Å². The van der Waals surface area contributed by atoms with E-state index < -0.39 is 18.6 Å². The molecular weight excluding hydrogens is 745 g/mol. The van der Waals surface area contributed by atoms with Crippen LogP contribution in [0.15, 0.2) is 85.1 Å². The van der Waals surface area contributed by atoms with E-state index in [1.807, 2.05) is 36.8 Å². The molecule has 3 aliphatic carbocycles. The number of fused-ring (bicyclic) bond motifs is 3. The van der Waals surface area contributed by atoms with Gasteiger partial charge in [0.25, 0.3) is 0 Å². The van der Waals surface area contributed by atoms with Crippen molar-refractivity contribution in [2.45, 2.75) is 89.3 Å². The van der Waals surface area contributed by atoms with E-state index in [4.69, 9.17) is 12.3 Å². The molecule has 0 amide bonds. The SMILES string of the molecule is [2H]c1c(C([2H])([2H])[2H])cnc(-c2[c-]ccc3c2sc2c(C4([2H])CCCCC4)cccc23)c1[2H].[2H]c1c(C2([2H])CCCCC2)cnc(C2=CC=CC[CH-]2)c1[2H].[Ir]. The maximum atomic E-state index is 9.16. The second kappa shape index (κ2) is 15.0. The van der Waals surface area contributed by atoms with Crippen LogP contribution in [0.25, 0.3) is 37.0 Å². The summed E-state index contributed by atoms with van der Waals surface area (Å²) < 4.78 is 75.8. The molecule has 5 aromatic rings. The first-order valence-corrected chi connectivity index (χ1v) is 16.6. The largest absolute Gasteiger partial charge is 0.320 e. The second-order valence-corrected chi connectivity index (χ2v) is 12.8. The smallest absolute Gasteiger partial charge is 0.0618 e. The van der Waals surface area contributed by atoms with Crippen molar-refractivity contribution in [2.75, 3.05) is 0 Å². The summed E-state index contributed by atoms with van der Waals surface area (Å²) in [5.41, 5.74) is 3.80. The van der Waals surface area contributed by atoms with E-state index in [1.165, 1.54) is 19.0 Å². The van der Waals surface area contributed by atoms with Crippen LogP contribution in [0.5, 0.6) is 0 Å². The predicted octanol–water partition coefficient (Wildman–Crippen LogP) is 11.9. The van der Waals surface area contributed by atoms with Gasteiger partial charge >= 0.3 is 0 Å². The number of aryl methyl sites for hydroxylation is 1. The normalized spacial score (nSPS) is 21.8. The molecule has 2 aromatic carbocycles. The molecule has 3 aliphatic rings. The summed E-state index contributed by atoms with van der Waals surface area (Å²) in [5.74, 6) is -1.31. The summed E-state index contributed by atoms with van der Waals surface area (Å²) in [4.78, 5) is 8.72. The third-order valence-electron chi connectivity index (χ3n) is 8.81. The number of benzene rings is 2. The van der Waals surface area contributed by atoms with Gasteiger partial charge in [-0.15, -0.1) is 35.9 Å². The van der Waals surface area contributed by atoms with Gasteiger partial charge in [0, 0.05) is 44.1 Å². The molecule has 2 saturated carbocycles. The predicted molar refractivity (Wildman–Crippen MR) is 188 cm³/mol. The molecule has 0 atom stereocenters. The van der Waals surface area contributed by atoms with Crippen LogP contribution < -0.4 is 0 Å². The number of rotatable bonds is 4. The van der Waals surface area contributed by atoms with Crippen LogP contribution in [0.3, 0.4) is 0 Å². The van der Waals surface area contributed by atoms with E-state index in [9.17, 15) is 0 Å².